The number of halogens is 1. The van der Waals surface area contributed by atoms with Crippen molar-refractivity contribution in [1.82, 2.24) is 10.2 Å². The van der Waals surface area contributed by atoms with Crippen LogP contribution in [0.1, 0.15) is 65.2 Å². The fourth-order valence-corrected chi connectivity index (χ4v) is 5.99. The number of hydrogen-bond acceptors (Lipinski definition) is 5. The summed E-state index contributed by atoms with van der Waals surface area (Å²) in [6, 6.07) is 20.4. The second kappa shape index (κ2) is 13.5. The molecule has 1 aliphatic carbocycles. The summed E-state index contributed by atoms with van der Waals surface area (Å²) in [5, 5.41) is 7.11. The minimum Gasteiger partial charge on any atom is -0.368 e. The van der Waals surface area contributed by atoms with Gasteiger partial charge in [-0.05, 0) is 67.6 Å². The molecule has 43 heavy (non-hydrogen) atoms. The first-order valence-electron chi connectivity index (χ1n) is 14.8. The van der Waals surface area contributed by atoms with Gasteiger partial charge in [0.2, 0.25) is 17.7 Å². The van der Waals surface area contributed by atoms with Gasteiger partial charge in [-0.15, -0.1) is 0 Å². The summed E-state index contributed by atoms with van der Waals surface area (Å²) in [6.45, 7) is 2.43. The van der Waals surface area contributed by atoms with Crippen LogP contribution < -0.4 is 16.4 Å². The number of ketones is 1. The van der Waals surface area contributed by atoms with Gasteiger partial charge in [0, 0.05) is 41.6 Å². The van der Waals surface area contributed by atoms with Crippen molar-refractivity contribution in [3.8, 4) is 0 Å². The normalized spacial score (nSPS) is 18.4. The van der Waals surface area contributed by atoms with Crippen molar-refractivity contribution in [3.05, 3.63) is 100 Å². The van der Waals surface area contributed by atoms with Gasteiger partial charge in [0.15, 0.2) is 5.78 Å². The number of anilines is 1. The summed E-state index contributed by atoms with van der Waals surface area (Å²) in [6.07, 6.45) is 2.72. The van der Waals surface area contributed by atoms with Crippen LogP contribution in [0.5, 0.6) is 0 Å². The lowest BCUT2D eigenvalue weighted by Crippen LogP contribution is -2.56. The number of fused-ring (bicyclic) bond motifs is 1. The lowest BCUT2D eigenvalue weighted by molar-refractivity contribution is -0.146. The van der Waals surface area contributed by atoms with Gasteiger partial charge in [-0.2, -0.15) is 0 Å². The molecule has 2 unspecified atom stereocenters. The van der Waals surface area contributed by atoms with Gasteiger partial charge in [0.1, 0.15) is 6.04 Å². The predicted molar refractivity (Wildman–Crippen MR) is 167 cm³/mol. The highest BCUT2D eigenvalue weighted by Crippen LogP contribution is 2.41. The van der Waals surface area contributed by atoms with Crippen molar-refractivity contribution >= 4 is 40.8 Å². The standard InChI is InChI=1S/C34H37ClN4O4/c1-21-19-25(13-14-28(21)35)38-34(43)27(17-18-37-24-11-12-24)32-26-10-6-5-9-23(26)20-29(33(36)42)39(32)31(41)16-15-30(40)22-7-3-2-4-8-22/h2-10,13-14,19,24,27,29,32,37H,11-12,15-18,20H2,1H3,(H2,36,42)(H,38,43)/t27-,29?,32?/m0/s1. The van der Waals surface area contributed by atoms with Crippen LogP contribution in [0.4, 0.5) is 5.69 Å². The number of carbonyl (C=O) groups is 4. The fourth-order valence-electron chi connectivity index (χ4n) is 5.87. The third-order valence-corrected chi connectivity index (χ3v) is 8.73. The maximum Gasteiger partial charge on any atom is 0.240 e. The number of benzene rings is 3. The summed E-state index contributed by atoms with van der Waals surface area (Å²) in [4.78, 5) is 55.4. The molecule has 1 heterocycles. The Morgan fingerprint density at radius 3 is 2.40 bits per heavy atom. The molecule has 3 amide bonds. The van der Waals surface area contributed by atoms with E-state index in [4.69, 9.17) is 17.3 Å². The number of rotatable bonds is 12. The van der Waals surface area contributed by atoms with Gasteiger partial charge in [-0.25, -0.2) is 0 Å². The van der Waals surface area contributed by atoms with Crippen molar-refractivity contribution in [2.45, 2.75) is 63.6 Å². The Balaban J connectivity index is 1.49. The quantitative estimate of drug-likeness (QED) is 0.253. The van der Waals surface area contributed by atoms with Crippen LogP contribution in [-0.4, -0.2) is 47.0 Å². The Morgan fingerprint density at radius 2 is 1.70 bits per heavy atom. The van der Waals surface area contributed by atoms with Crippen LogP contribution in [0.2, 0.25) is 5.02 Å². The Labute approximate surface area is 257 Å². The number of nitrogens with zero attached hydrogens (tertiary/aromatic N) is 1. The van der Waals surface area contributed by atoms with Crippen molar-refractivity contribution in [2.24, 2.45) is 11.7 Å². The van der Waals surface area contributed by atoms with Gasteiger partial charge < -0.3 is 21.3 Å². The lowest BCUT2D eigenvalue weighted by atomic mass is 9.79. The summed E-state index contributed by atoms with van der Waals surface area (Å²) in [5.41, 5.74) is 9.53. The fraction of sp³-hybridized carbons (Fsp3) is 0.353. The van der Waals surface area contributed by atoms with Gasteiger partial charge in [0.25, 0.3) is 0 Å². The number of aryl methyl sites for hydroxylation is 1. The second-order valence-electron chi connectivity index (χ2n) is 11.4. The molecule has 3 atom stereocenters. The zero-order valence-electron chi connectivity index (χ0n) is 24.2. The molecule has 1 fully saturated rings. The van der Waals surface area contributed by atoms with E-state index in [1.165, 1.54) is 4.90 Å². The monoisotopic (exact) mass is 600 g/mol. The summed E-state index contributed by atoms with van der Waals surface area (Å²) < 4.78 is 0. The van der Waals surface area contributed by atoms with Gasteiger partial charge in [-0.3, -0.25) is 19.2 Å². The molecule has 224 valence electrons. The minimum atomic E-state index is -0.955. The molecule has 9 heteroatoms. The van der Waals surface area contributed by atoms with Crippen molar-refractivity contribution in [2.75, 3.05) is 11.9 Å². The molecular weight excluding hydrogens is 564 g/mol. The SMILES string of the molecule is Cc1cc(NC(=O)[C@@H](CCNC2CC2)C2c3ccccc3CC(C(N)=O)N2C(=O)CCC(=O)c2ccccc2)ccc1Cl. The second-order valence-corrected chi connectivity index (χ2v) is 11.8. The Kier molecular flexibility index (Phi) is 9.58. The molecule has 0 aromatic heterocycles. The molecule has 3 aromatic rings. The largest absolute Gasteiger partial charge is 0.368 e. The average Bonchev–Trinajstić information content (AvgIpc) is 3.84. The van der Waals surface area contributed by atoms with E-state index in [1.54, 1.807) is 42.5 Å². The highest BCUT2D eigenvalue weighted by molar-refractivity contribution is 6.31. The van der Waals surface area contributed by atoms with E-state index >= 15 is 0 Å². The first kappa shape index (κ1) is 30.4. The van der Waals surface area contributed by atoms with E-state index in [0.29, 0.717) is 35.3 Å². The highest BCUT2D eigenvalue weighted by atomic mass is 35.5. The van der Waals surface area contributed by atoms with Crippen LogP contribution in [0.25, 0.3) is 0 Å². The zero-order chi connectivity index (χ0) is 30.5. The number of amides is 3. The minimum absolute atomic E-state index is 0.0245. The molecule has 0 spiro atoms. The van der Waals surface area contributed by atoms with E-state index in [-0.39, 0.29) is 36.9 Å². The van der Waals surface area contributed by atoms with Crippen LogP contribution in [0.3, 0.4) is 0 Å². The lowest BCUT2D eigenvalue weighted by Gasteiger charge is -2.45. The van der Waals surface area contributed by atoms with E-state index in [9.17, 15) is 19.2 Å². The number of nitrogens with one attached hydrogen (secondary N) is 2. The van der Waals surface area contributed by atoms with E-state index in [1.807, 2.05) is 37.3 Å². The molecule has 5 rings (SSSR count). The summed E-state index contributed by atoms with van der Waals surface area (Å²) in [5.74, 6) is -2.19. The van der Waals surface area contributed by atoms with Crippen LogP contribution in [0, 0.1) is 12.8 Å². The molecule has 8 nitrogen and oxygen atoms in total. The topological polar surface area (TPSA) is 122 Å². The Hall–Kier alpha value is -4.01. The first-order valence-corrected chi connectivity index (χ1v) is 15.2. The van der Waals surface area contributed by atoms with Crippen molar-refractivity contribution < 1.29 is 19.2 Å². The molecule has 4 N–H and O–H groups in total. The molecule has 0 bridgehead atoms. The molecule has 0 saturated heterocycles. The number of nitrogens with two attached hydrogens (primary N) is 1. The molecule has 1 saturated carbocycles. The van der Waals surface area contributed by atoms with E-state index in [2.05, 4.69) is 10.6 Å². The smallest absolute Gasteiger partial charge is 0.240 e. The van der Waals surface area contributed by atoms with Gasteiger partial charge in [-0.1, -0.05) is 66.2 Å². The Bertz CT molecular complexity index is 1510. The number of primary amides is 1. The first-order chi connectivity index (χ1) is 20.7. The van der Waals surface area contributed by atoms with Crippen LogP contribution in [-0.2, 0) is 20.8 Å². The zero-order valence-corrected chi connectivity index (χ0v) is 25.0. The van der Waals surface area contributed by atoms with E-state index in [0.717, 1.165) is 29.5 Å². The molecule has 1 aliphatic heterocycles. The average molecular weight is 601 g/mol. The molecular formula is C34H37ClN4O4. The maximum atomic E-state index is 14.1. The number of carbonyl (C=O) groups excluding carboxylic acids is 4. The van der Waals surface area contributed by atoms with E-state index < -0.39 is 23.9 Å². The molecule has 3 aromatic carbocycles. The summed E-state index contributed by atoms with van der Waals surface area (Å²) in [7, 11) is 0. The maximum absolute atomic E-state index is 14.1. The van der Waals surface area contributed by atoms with Gasteiger partial charge >= 0.3 is 0 Å². The van der Waals surface area contributed by atoms with Gasteiger partial charge in [0.05, 0.1) is 12.0 Å². The highest BCUT2D eigenvalue weighted by Gasteiger charge is 2.45. The predicted octanol–water partition coefficient (Wildman–Crippen LogP) is 4.99. The third kappa shape index (κ3) is 7.32. The third-order valence-electron chi connectivity index (χ3n) is 8.31. The molecule has 2 aliphatic rings. The Morgan fingerprint density at radius 1 is 0.977 bits per heavy atom. The van der Waals surface area contributed by atoms with Crippen LogP contribution >= 0.6 is 11.6 Å². The number of hydrogen-bond donors (Lipinski definition) is 3. The molecule has 0 radical (unpaired) electrons. The summed E-state index contributed by atoms with van der Waals surface area (Å²) >= 11 is 6.22. The van der Waals surface area contributed by atoms with Crippen LogP contribution in [0.15, 0.2) is 72.8 Å². The van der Waals surface area contributed by atoms with Crippen molar-refractivity contribution in [1.29, 1.82) is 0 Å². The number of Topliss-reactive ketones (excluding diaryl/α,β-unsaturated/α-hetero) is 1. The van der Waals surface area contributed by atoms with Crippen molar-refractivity contribution in [3.63, 3.8) is 0 Å².